The van der Waals surface area contributed by atoms with Crippen molar-refractivity contribution in [3.63, 3.8) is 0 Å². The van der Waals surface area contributed by atoms with E-state index in [2.05, 4.69) is 204 Å². The van der Waals surface area contributed by atoms with Crippen molar-refractivity contribution in [3.05, 3.63) is 204 Å². The highest BCUT2D eigenvalue weighted by atomic mass is 15.2. The number of hydrogen-bond donors (Lipinski definition) is 0. The lowest BCUT2D eigenvalue weighted by Crippen LogP contribution is -2.22. The number of rotatable bonds is 10. The third-order valence-corrected chi connectivity index (χ3v) is 8.72. The molecule has 7 rings (SSSR count). The van der Waals surface area contributed by atoms with E-state index in [0.717, 1.165) is 48.3 Å². The van der Waals surface area contributed by atoms with Gasteiger partial charge >= 0.3 is 0 Å². The van der Waals surface area contributed by atoms with Gasteiger partial charge in [-0.1, -0.05) is 134 Å². The molecule has 2 aliphatic rings. The Kier molecular flexibility index (Phi) is 9.72. The first-order chi connectivity index (χ1) is 23.8. The van der Waals surface area contributed by atoms with Gasteiger partial charge in [0.15, 0.2) is 0 Å². The zero-order valence-corrected chi connectivity index (χ0v) is 27.2. The molecule has 5 aromatic rings. The number of anilines is 4. The number of nitrogens with zero attached hydrogens (tertiary/aromatic N) is 2. The summed E-state index contributed by atoms with van der Waals surface area (Å²) in [4.78, 5) is 4.69. The maximum absolute atomic E-state index is 2.41. The van der Waals surface area contributed by atoms with Gasteiger partial charge in [-0.25, -0.2) is 0 Å². The molecule has 5 aromatic carbocycles. The molecule has 0 heterocycles. The Morgan fingerprint density at radius 1 is 0.417 bits per heavy atom. The second-order valence-corrected chi connectivity index (χ2v) is 12.1. The summed E-state index contributed by atoms with van der Waals surface area (Å²) in [5, 5.41) is 0. The van der Waals surface area contributed by atoms with Crippen LogP contribution in [0.2, 0.25) is 0 Å². The van der Waals surface area contributed by atoms with Gasteiger partial charge in [0.05, 0.1) is 0 Å². The molecular formula is C46H40N2. The minimum atomic E-state index is 1.06. The highest BCUT2D eigenvalue weighted by molar-refractivity contribution is 5.78. The number of para-hydroxylation sites is 2. The Bertz CT molecular complexity index is 1930. The topological polar surface area (TPSA) is 6.48 Å². The first-order valence-corrected chi connectivity index (χ1v) is 16.9. The van der Waals surface area contributed by atoms with Crippen LogP contribution in [-0.4, -0.2) is 0 Å². The Labute approximate surface area is 285 Å². The van der Waals surface area contributed by atoms with Crippen LogP contribution < -0.4 is 9.80 Å². The van der Waals surface area contributed by atoms with Gasteiger partial charge in [-0.2, -0.15) is 0 Å². The average Bonchev–Trinajstić information content (AvgIpc) is 3.17. The van der Waals surface area contributed by atoms with E-state index in [0.29, 0.717) is 0 Å². The third-order valence-electron chi connectivity index (χ3n) is 8.72. The molecule has 2 aliphatic carbocycles. The van der Waals surface area contributed by atoms with Crippen LogP contribution in [0.1, 0.15) is 47.9 Å². The van der Waals surface area contributed by atoms with Gasteiger partial charge in [0, 0.05) is 34.1 Å². The second kappa shape index (κ2) is 15.2. The van der Waals surface area contributed by atoms with Crippen LogP contribution in [0.5, 0.6) is 0 Å². The largest absolute Gasteiger partial charge is 0.315 e. The molecule has 0 aromatic heterocycles. The molecule has 48 heavy (non-hydrogen) atoms. The zero-order valence-electron chi connectivity index (χ0n) is 27.2. The quantitative estimate of drug-likeness (QED) is 0.143. The van der Waals surface area contributed by atoms with Gasteiger partial charge in [0.25, 0.3) is 0 Å². The monoisotopic (exact) mass is 620 g/mol. The number of allylic oxidation sites excluding steroid dienone is 7. The van der Waals surface area contributed by atoms with Crippen LogP contribution in [-0.2, 0) is 0 Å². The molecule has 234 valence electrons. The van der Waals surface area contributed by atoms with Crippen molar-refractivity contribution in [2.45, 2.75) is 25.7 Å². The fourth-order valence-corrected chi connectivity index (χ4v) is 6.20. The van der Waals surface area contributed by atoms with E-state index in [4.69, 9.17) is 0 Å². The minimum absolute atomic E-state index is 1.06. The highest BCUT2D eigenvalue weighted by Crippen LogP contribution is 2.34. The molecule has 0 atom stereocenters. The van der Waals surface area contributed by atoms with E-state index < -0.39 is 0 Å². The maximum atomic E-state index is 2.41. The Balaban J connectivity index is 1.00. The van der Waals surface area contributed by atoms with Crippen LogP contribution in [0, 0.1) is 0 Å². The van der Waals surface area contributed by atoms with Gasteiger partial charge in [0.2, 0.25) is 0 Å². The van der Waals surface area contributed by atoms with E-state index in [9.17, 15) is 0 Å². The lowest BCUT2D eigenvalue weighted by atomic mass is 10.0. The summed E-state index contributed by atoms with van der Waals surface area (Å²) in [5.74, 6) is 0. The molecule has 0 unspecified atom stereocenters. The summed E-state index contributed by atoms with van der Waals surface area (Å²) >= 11 is 0. The summed E-state index contributed by atoms with van der Waals surface area (Å²) in [6.07, 6.45) is 26.7. The van der Waals surface area contributed by atoms with Crippen LogP contribution in [0.15, 0.2) is 181 Å². The standard InChI is InChI=1S/C46H40N2/c1-5-13-41(14-6-1)47(42-15-7-2-8-16-42)45-33-29-39(30-34-45)27-25-37-21-23-38(24-22-37)26-28-40-31-35-46(36-32-40)48(43-17-9-3-10-18-43)44-19-11-4-12-20-44/h1-3,5-9,11,13-17,19-36H,4,10,12,18H2/b27-25+,28-26+. The van der Waals surface area contributed by atoms with Gasteiger partial charge in [-0.15, -0.1) is 0 Å². The SMILES string of the molecule is C1=CCCC(N(C2=CCCC=C2)c2ccc(/C=C/c3ccc(/C=C/c4ccc(N(c5ccccc5)c5ccccc5)cc4)cc3)cc2)=C1. The van der Waals surface area contributed by atoms with Crippen molar-refractivity contribution in [3.8, 4) is 0 Å². The predicted octanol–water partition coefficient (Wildman–Crippen LogP) is 12.8. The summed E-state index contributed by atoms with van der Waals surface area (Å²) < 4.78 is 0. The molecule has 0 bridgehead atoms. The van der Waals surface area contributed by atoms with E-state index in [-0.39, 0.29) is 0 Å². The normalized spacial score (nSPS) is 14.2. The lowest BCUT2D eigenvalue weighted by Gasteiger charge is -2.30. The molecule has 0 radical (unpaired) electrons. The zero-order chi connectivity index (χ0) is 32.4. The van der Waals surface area contributed by atoms with Crippen LogP contribution >= 0.6 is 0 Å². The summed E-state index contributed by atoms with van der Waals surface area (Å²) in [6, 6.07) is 47.4. The summed E-state index contributed by atoms with van der Waals surface area (Å²) in [7, 11) is 0. The Morgan fingerprint density at radius 3 is 1.31 bits per heavy atom. The summed E-state index contributed by atoms with van der Waals surface area (Å²) in [6.45, 7) is 0. The predicted molar refractivity (Wildman–Crippen MR) is 207 cm³/mol. The van der Waals surface area contributed by atoms with Crippen molar-refractivity contribution in [2.75, 3.05) is 9.80 Å². The van der Waals surface area contributed by atoms with Crippen molar-refractivity contribution >= 4 is 47.1 Å². The van der Waals surface area contributed by atoms with Gasteiger partial charge in [0.1, 0.15) is 0 Å². The average molecular weight is 621 g/mol. The van der Waals surface area contributed by atoms with Crippen LogP contribution in [0.25, 0.3) is 24.3 Å². The van der Waals surface area contributed by atoms with Crippen molar-refractivity contribution in [1.29, 1.82) is 0 Å². The van der Waals surface area contributed by atoms with Crippen molar-refractivity contribution in [2.24, 2.45) is 0 Å². The Morgan fingerprint density at radius 2 is 0.875 bits per heavy atom. The van der Waals surface area contributed by atoms with E-state index >= 15 is 0 Å². The summed E-state index contributed by atoms with van der Waals surface area (Å²) in [5.41, 5.74) is 12.0. The molecule has 0 aliphatic heterocycles. The van der Waals surface area contributed by atoms with E-state index in [1.165, 1.54) is 33.8 Å². The molecule has 2 nitrogen and oxygen atoms in total. The Hall–Kier alpha value is -5.86. The van der Waals surface area contributed by atoms with Gasteiger partial charge < -0.3 is 9.80 Å². The van der Waals surface area contributed by atoms with Crippen LogP contribution in [0.4, 0.5) is 22.7 Å². The van der Waals surface area contributed by atoms with Crippen LogP contribution in [0.3, 0.4) is 0 Å². The smallest absolute Gasteiger partial charge is 0.0462 e. The molecule has 0 N–H and O–H groups in total. The van der Waals surface area contributed by atoms with E-state index in [1.807, 2.05) is 0 Å². The van der Waals surface area contributed by atoms with Crippen molar-refractivity contribution in [1.82, 2.24) is 0 Å². The van der Waals surface area contributed by atoms with Gasteiger partial charge in [-0.05, 0) is 109 Å². The molecule has 0 fully saturated rings. The second-order valence-electron chi connectivity index (χ2n) is 12.1. The fourth-order valence-electron chi connectivity index (χ4n) is 6.20. The number of hydrogen-bond acceptors (Lipinski definition) is 2. The first-order valence-electron chi connectivity index (χ1n) is 16.9. The fraction of sp³-hybridized carbons (Fsp3) is 0.0870. The number of benzene rings is 5. The molecule has 0 spiro atoms. The maximum Gasteiger partial charge on any atom is 0.0462 e. The first kappa shape index (κ1) is 30.8. The molecule has 0 saturated carbocycles. The molecule has 0 saturated heterocycles. The van der Waals surface area contributed by atoms with Gasteiger partial charge in [-0.3, -0.25) is 0 Å². The molecular weight excluding hydrogens is 581 g/mol. The molecule has 2 heteroatoms. The third kappa shape index (κ3) is 7.57. The van der Waals surface area contributed by atoms with E-state index in [1.54, 1.807) is 0 Å². The molecule has 0 amide bonds. The van der Waals surface area contributed by atoms with Crippen molar-refractivity contribution < 1.29 is 0 Å². The highest BCUT2D eigenvalue weighted by Gasteiger charge is 2.17. The lowest BCUT2D eigenvalue weighted by molar-refractivity contribution is 0.887. The minimum Gasteiger partial charge on any atom is -0.315 e.